The third kappa shape index (κ3) is 4.10. The molecule has 0 aliphatic carbocycles. The van der Waals surface area contributed by atoms with Gasteiger partial charge in [-0.15, -0.1) is 0 Å². The fraction of sp³-hybridized carbons (Fsp3) is 0.154. The summed E-state index contributed by atoms with van der Waals surface area (Å²) < 4.78 is 21.2. The summed E-state index contributed by atoms with van der Waals surface area (Å²) in [5, 5.41) is 10.1. The van der Waals surface area contributed by atoms with Crippen LogP contribution in [0, 0.1) is 5.82 Å². The number of carbonyl (C=O) groups excluding carboxylic acids is 1. The number of pyridine rings is 3. The zero-order valence-corrected chi connectivity index (χ0v) is 19.7. The number of aromatic nitrogens is 7. The first kappa shape index (κ1) is 22.5. The summed E-state index contributed by atoms with van der Waals surface area (Å²) in [6.07, 6.45) is 11.4. The number of fused-ring (bicyclic) bond motifs is 2. The number of furan rings is 1. The largest absolute Gasteiger partial charge is 0.472 e. The number of anilines is 1. The third-order valence-corrected chi connectivity index (χ3v) is 6.04. The van der Waals surface area contributed by atoms with Crippen LogP contribution in [-0.4, -0.2) is 41.0 Å². The number of hydrogen-bond donors (Lipinski definition) is 3. The highest BCUT2D eigenvalue weighted by Gasteiger charge is 2.22. The van der Waals surface area contributed by atoms with Crippen LogP contribution in [0.15, 0.2) is 59.9 Å². The molecule has 0 saturated heterocycles. The number of halogens is 1. The summed E-state index contributed by atoms with van der Waals surface area (Å²) in [6.45, 7) is 2.02. The summed E-state index contributed by atoms with van der Waals surface area (Å²) in [5.74, 6) is -0.272. The number of nitrogens with zero attached hydrogens (tertiary/aromatic N) is 5. The van der Waals surface area contributed by atoms with Crippen LogP contribution in [0.2, 0.25) is 0 Å². The van der Waals surface area contributed by atoms with Gasteiger partial charge in [-0.1, -0.05) is 13.3 Å². The van der Waals surface area contributed by atoms with Gasteiger partial charge >= 0.3 is 0 Å². The molecule has 0 radical (unpaired) electrons. The van der Waals surface area contributed by atoms with Crippen molar-refractivity contribution >= 4 is 33.7 Å². The Bertz CT molecular complexity index is 1740. The molecule has 1 amide bonds. The minimum atomic E-state index is -0.529. The molecule has 6 heterocycles. The number of nitrogens with one attached hydrogen (secondary N) is 3. The lowest BCUT2D eigenvalue weighted by molar-refractivity contribution is -0.116. The van der Waals surface area contributed by atoms with Crippen molar-refractivity contribution in [3.05, 3.63) is 61.3 Å². The Labute approximate surface area is 209 Å². The van der Waals surface area contributed by atoms with E-state index in [1.54, 1.807) is 36.9 Å². The molecule has 0 aromatic carbocycles. The predicted octanol–water partition coefficient (Wildman–Crippen LogP) is 5.49. The monoisotopic (exact) mass is 496 g/mol. The molecule has 37 heavy (non-hydrogen) atoms. The van der Waals surface area contributed by atoms with Crippen molar-refractivity contribution in [3.63, 3.8) is 0 Å². The van der Waals surface area contributed by atoms with E-state index in [1.807, 2.05) is 6.92 Å². The van der Waals surface area contributed by atoms with Gasteiger partial charge in [0.15, 0.2) is 11.5 Å². The highest BCUT2D eigenvalue weighted by molar-refractivity contribution is 5.97. The zero-order valence-electron chi connectivity index (χ0n) is 19.7. The van der Waals surface area contributed by atoms with Gasteiger partial charge < -0.3 is 14.7 Å². The molecule has 6 aromatic heterocycles. The van der Waals surface area contributed by atoms with Crippen LogP contribution in [0.25, 0.3) is 56.0 Å². The van der Waals surface area contributed by atoms with E-state index >= 15 is 4.39 Å². The minimum Gasteiger partial charge on any atom is -0.472 e. The second-order valence-corrected chi connectivity index (χ2v) is 8.55. The molecule has 0 aliphatic heterocycles. The number of amides is 1. The van der Waals surface area contributed by atoms with Gasteiger partial charge in [0, 0.05) is 41.7 Å². The van der Waals surface area contributed by atoms with E-state index in [1.165, 1.54) is 18.6 Å². The van der Waals surface area contributed by atoms with Crippen LogP contribution in [0.1, 0.15) is 26.2 Å². The molecule has 184 valence electrons. The topological polar surface area (TPSA) is 138 Å². The van der Waals surface area contributed by atoms with Crippen molar-refractivity contribution in [3.8, 4) is 33.9 Å². The first-order chi connectivity index (χ1) is 18.1. The maximum Gasteiger partial charge on any atom is 0.224 e. The van der Waals surface area contributed by atoms with Gasteiger partial charge in [-0.2, -0.15) is 5.10 Å². The van der Waals surface area contributed by atoms with Crippen LogP contribution in [0.3, 0.4) is 0 Å². The number of aromatic amines is 2. The Hall–Kier alpha value is -4.93. The molecule has 6 aromatic rings. The van der Waals surface area contributed by atoms with E-state index in [2.05, 4.69) is 40.4 Å². The summed E-state index contributed by atoms with van der Waals surface area (Å²) >= 11 is 0. The second-order valence-electron chi connectivity index (χ2n) is 8.55. The van der Waals surface area contributed by atoms with Crippen molar-refractivity contribution in [1.82, 2.24) is 35.1 Å². The fourth-order valence-electron chi connectivity index (χ4n) is 4.20. The van der Waals surface area contributed by atoms with Gasteiger partial charge in [-0.05, 0) is 24.6 Å². The first-order valence-electron chi connectivity index (χ1n) is 11.8. The molecular weight excluding hydrogens is 475 g/mol. The Morgan fingerprint density at radius 1 is 1.14 bits per heavy atom. The molecule has 0 saturated carbocycles. The van der Waals surface area contributed by atoms with E-state index in [4.69, 9.17) is 4.42 Å². The number of carbonyl (C=O) groups is 1. The van der Waals surface area contributed by atoms with Crippen LogP contribution in [-0.2, 0) is 4.79 Å². The number of H-pyrrole nitrogens is 2. The fourth-order valence-corrected chi connectivity index (χ4v) is 4.20. The maximum absolute atomic E-state index is 16.0. The first-order valence-corrected chi connectivity index (χ1v) is 11.8. The molecule has 3 N–H and O–H groups in total. The lowest BCUT2D eigenvalue weighted by Crippen LogP contribution is -2.11. The van der Waals surface area contributed by atoms with Gasteiger partial charge in [0.1, 0.15) is 22.7 Å². The lowest BCUT2D eigenvalue weighted by Gasteiger charge is -2.08. The summed E-state index contributed by atoms with van der Waals surface area (Å²) in [7, 11) is 0. The van der Waals surface area contributed by atoms with Gasteiger partial charge in [-0.25, -0.2) is 14.4 Å². The molecular formula is C26H21FN8O2. The molecule has 6 rings (SSSR count). The molecule has 0 bridgehead atoms. The van der Waals surface area contributed by atoms with Crippen molar-refractivity contribution < 1.29 is 13.6 Å². The van der Waals surface area contributed by atoms with E-state index < -0.39 is 5.82 Å². The van der Waals surface area contributed by atoms with Gasteiger partial charge in [0.05, 0.1) is 35.3 Å². The smallest absolute Gasteiger partial charge is 0.224 e. The van der Waals surface area contributed by atoms with Gasteiger partial charge in [-0.3, -0.25) is 19.9 Å². The minimum absolute atomic E-state index is 0.110. The van der Waals surface area contributed by atoms with Crippen molar-refractivity contribution in [2.75, 3.05) is 5.32 Å². The average Bonchev–Trinajstić information content (AvgIpc) is 3.67. The summed E-state index contributed by atoms with van der Waals surface area (Å²) in [5.41, 5.74) is 4.49. The zero-order chi connectivity index (χ0) is 25.4. The molecule has 11 heteroatoms. The van der Waals surface area contributed by atoms with E-state index in [9.17, 15) is 4.79 Å². The quantitative estimate of drug-likeness (QED) is 0.266. The molecule has 0 aliphatic rings. The second kappa shape index (κ2) is 9.26. The molecule has 10 nitrogen and oxygen atoms in total. The number of rotatable bonds is 7. The Morgan fingerprint density at radius 3 is 2.89 bits per heavy atom. The average molecular weight is 497 g/mol. The SMILES string of the molecule is CCCCC(=O)Nc1cncc(-c2cnc3[nH]nc(-c4nc5c(-c6ccoc6)nccc5[nH]4)c3c2F)c1. The Morgan fingerprint density at radius 2 is 2.05 bits per heavy atom. The summed E-state index contributed by atoms with van der Waals surface area (Å²) in [4.78, 5) is 33.0. The van der Waals surface area contributed by atoms with Gasteiger partial charge in [0.25, 0.3) is 0 Å². The Balaban J connectivity index is 1.41. The molecule has 0 fully saturated rings. The highest BCUT2D eigenvalue weighted by Crippen LogP contribution is 2.34. The summed E-state index contributed by atoms with van der Waals surface area (Å²) in [6, 6.07) is 5.26. The van der Waals surface area contributed by atoms with Crippen LogP contribution in [0.5, 0.6) is 0 Å². The van der Waals surface area contributed by atoms with Crippen LogP contribution < -0.4 is 5.32 Å². The van der Waals surface area contributed by atoms with E-state index in [0.717, 1.165) is 23.9 Å². The predicted molar refractivity (Wildman–Crippen MR) is 136 cm³/mol. The normalized spacial score (nSPS) is 11.4. The van der Waals surface area contributed by atoms with Crippen LogP contribution >= 0.6 is 0 Å². The third-order valence-electron chi connectivity index (χ3n) is 6.04. The Kier molecular flexibility index (Phi) is 5.64. The maximum atomic E-state index is 16.0. The standard InChI is InChI=1S/C26H21FN8O2/c1-2-3-4-19(36)31-16-9-15(10-28-11-16)17-12-30-25-20(21(17)27)24(34-35-25)26-32-18-5-7-29-22(23(18)33-26)14-6-8-37-13-14/h5-13H,2-4H2,1H3,(H,31,36)(H,32,33)(H,30,34,35). The van der Waals surface area contributed by atoms with Crippen molar-refractivity contribution in [2.24, 2.45) is 0 Å². The molecule has 0 atom stereocenters. The highest BCUT2D eigenvalue weighted by atomic mass is 19.1. The number of imidazole rings is 1. The lowest BCUT2D eigenvalue weighted by atomic mass is 10.1. The number of unbranched alkanes of at least 4 members (excludes halogenated alkanes) is 1. The van der Waals surface area contributed by atoms with Crippen molar-refractivity contribution in [2.45, 2.75) is 26.2 Å². The van der Waals surface area contributed by atoms with Crippen molar-refractivity contribution in [1.29, 1.82) is 0 Å². The van der Waals surface area contributed by atoms with Crippen LogP contribution in [0.4, 0.5) is 10.1 Å². The van der Waals surface area contributed by atoms with E-state index in [0.29, 0.717) is 34.7 Å². The van der Waals surface area contributed by atoms with Gasteiger partial charge in [0.2, 0.25) is 5.91 Å². The molecule has 0 unspecified atom stereocenters. The number of hydrogen-bond acceptors (Lipinski definition) is 7. The molecule has 0 spiro atoms. The van der Waals surface area contributed by atoms with E-state index in [-0.39, 0.29) is 28.2 Å².